The Hall–Kier alpha value is -1.88. The second kappa shape index (κ2) is 4.78. The quantitative estimate of drug-likeness (QED) is 0.927. The van der Waals surface area contributed by atoms with Gasteiger partial charge >= 0.3 is 0 Å². The second-order valence-electron chi connectivity index (χ2n) is 3.72. The van der Waals surface area contributed by atoms with Crippen molar-refractivity contribution in [3.8, 4) is 22.6 Å². The van der Waals surface area contributed by atoms with E-state index in [1.807, 2.05) is 6.92 Å². The van der Waals surface area contributed by atoms with Crippen molar-refractivity contribution >= 4 is 17.5 Å². The molecule has 96 valence electrons. The Kier molecular flexibility index (Phi) is 3.34. The topological polar surface area (TPSA) is 70.5 Å². The largest absolute Gasteiger partial charge is 0.492 e. The van der Waals surface area contributed by atoms with Crippen LogP contribution in [0.2, 0.25) is 5.02 Å². The summed E-state index contributed by atoms with van der Waals surface area (Å²) in [6.07, 6.45) is 1.54. The summed E-state index contributed by atoms with van der Waals surface area (Å²) in [5.41, 5.74) is 8.05. The number of methoxy groups -OCH3 is 2. The molecule has 0 atom stereocenters. The number of benzene rings is 1. The Bertz CT molecular complexity index is 581. The molecular formula is C12H13ClN2O3. The lowest BCUT2D eigenvalue weighted by atomic mass is 10.0. The van der Waals surface area contributed by atoms with Gasteiger partial charge in [0.15, 0.2) is 11.5 Å². The molecule has 1 heterocycles. The van der Waals surface area contributed by atoms with Gasteiger partial charge in [0.05, 0.1) is 31.0 Å². The predicted octanol–water partition coefficient (Wildman–Crippen LogP) is 2.90. The van der Waals surface area contributed by atoms with Crippen LogP contribution in [0.25, 0.3) is 11.1 Å². The molecule has 1 aromatic heterocycles. The first-order valence-corrected chi connectivity index (χ1v) is 5.59. The van der Waals surface area contributed by atoms with Crippen molar-refractivity contribution in [2.45, 2.75) is 6.92 Å². The molecule has 6 heteroatoms. The SMILES string of the molecule is COc1c(Cl)cc(C)c(-c2cnoc2N)c1OC. The summed E-state index contributed by atoms with van der Waals surface area (Å²) in [4.78, 5) is 0. The number of halogens is 1. The van der Waals surface area contributed by atoms with Gasteiger partial charge in [-0.05, 0) is 18.6 Å². The molecule has 0 saturated heterocycles. The van der Waals surface area contributed by atoms with Crippen LogP contribution >= 0.6 is 11.6 Å². The maximum Gasteiger partial charge on any atom is 0.230 e. The van der Waals surface area contributed by atoms with Crippen molar-refractivity contribution in [3.05, 3.63) is 22.8 Å². The molecule has 18 heavy (non-hydrogen) atoms. The number of rotatable bonds is 3. The average Bonchev–Trinajstić information content (AvgIpc) is 2.74. The number of hydrogen-bond acceptors (Lipinski definition) is 5. The van der Waals surface area contributed by atoms with Gasteiger partial charge in [0, 0.05) is 5.56 Å². The number of hydrogen-bond donors (Lipinski definition) is 1. The second-order valence-corrected chi connectivity index (χ2v) is 4.13. The highest BCUT2D eigenvalue weighted by atomic mass is 35.5. The Labute approximate surface area is 109 Å². The lowest BCUT2D eigenvalue weighted by Crippen LogP contribution is -1.97. The molecule has 2 rings (SSSR count). The van der Waals surface area contributed by atoms with Gasteiger partial charge < -0.3 is 19.7 Å². The fourth-order valence-electron chi connectivity index (χ4n) is 1.88. The number of aromatic nitrogens is 1. The Morgan fingerprint density at radius 1 is 1.28 bits per heavy atom. The highest BCUT2D eigenvalue weighted by Gasteiger charge is 2.21. The number of nitrogens with two attached hydrogens (primary N) is 1. The summed E-state index contributed by atoms with van der Waals surface area (Å²) in [6.45, 7) is 1.90. The van der Waals surface area contributed by atoms with E-state index in [4.69, 9.17) is 31.3 Å². The normalized spacial score (nSPS) is 10.4. The maximum absolute atomic E-state index is 6.11. The van der Waals surface area contributed by atoms with Crippen molar-refractivity contribution in [1.82, 2.24) is 5.16 Å². The number of aryl methyl sites for hydroxylation is 1. The van der Waals surface area contributed by atoms with E-state index < -0.39 is 0 Å². The van der Waals surface area contributed by atoms with Crippen molar-refractivity contribution < 1.29 is 14.0 Å². The third-order valence-electron chi connectivity index (χ3n) is 2.66. The van der Waals surface area contributed by atoms with E-state index in [1.165, 1.54) is 13.3 Å². The fraction of sp³-hybridized carbons (Fsp3) is 0.250. The van der Waals surface area contributed by atoms with Crippen LogP contribution in [0.15, 0.2) is 16.8 Å². The van der Waals surface area contributed by atoms with E-state index in [2.05, 4.69) is 5.16 Å². The average molecular weight is 269 g/mol. The van der Waals surface area contributed by atoms with Crippen LogP contribution in [-0.2, 0) is 0 Å². The number of nitrogen functional groups attached to an aromatic ring is 1. The lowest BCUT2D eigenvalue weighted by Gasteiger charge is -2.15. The number of ether oxygens (including phenoxy) is 2. The van der Waals surface area contributed by atoms with Gasteiger partial charge in [-0.1, -0.05) is 16.8 Å². The van der Waals surface area contributed by atoms with Crippen molar-refractivity contribution in [2.24, 2.45) is 0 Å². The molecule has 0 spiro atoms. The highest BCUT2D eigenvalue weighted by molar-refractivity contribution is 6.32. The highest BCUT2D eigenvalue weighted by Crippen LogP contribution is 2.46. The van der Waals surface area contributed by atoms with Crippen LogP contribution in [0.1, 0.15) is 5.56 Å². The molecule has 2 aromatic rings. The first kappa shape index (κ1) is 12.6. The minimum Gasteiger partial charge on any atom is -0.492 e. The molecule has 0 aliphatic carbocycles. The van der Waals surface area contributed by atoms with Gasteiger partial charge in [0.2, 0.25) is 5.88 Å². The van der Waals surface area contributed by atoms with Crippen LogP contribution in [0.5, 0.6) is 11.5 Å². The number of anilines is 1. The van der Waals surface area contributed by atoms with Crippen LogP contribution < -0.4 is 15.2 Å². The Morgan fingerprint density at radius 2 is 1.94 bits per heavy atom. The van der Waals surface area contributed by atoms with Gasteiger partial charge in [-0.2, -0.15) is 0 Å². The van der Waals surface area contributed by atoms with E-state index in [0.29, 0.717) is 22.1 Å². The smallest absolute Gasteiger partial charge is 0.230 e. The van der Waals surface area contributed by atoms with Crippen LogP contribution in [0, 0.1) is 6.92 Å². The van der Waals surface area contributed by atoms with Gasteiger partial charge in [-0.3, -0.25) is 0 Å². The fourth-order valence-corrected chi connectivity index (χ4v) is 2.21. The number of nitrogens with zero attached hydrogens (tertiary/aromatic N) is 1. The molecule has 0 fully saturated rings. The summed E-state index contributed by atoms with van der Waals surface area (Å²) in [6, 6.07) is 1.78. The molecule has 2 N–H and O–H groups in total. The minimum absolute atomic E-state index is 0.223. The molecule has 0 radical (unpaired) electrons. The molecule has 0 amide bonds. The minimum atomic E-state index is 0.223. The first-order chi connectivity index (χ1) is 8.60. The first-order valence-electron chi connectivity index (χ1n) is 5.21. The third kappa shape index (κ3) is 1.86. The molecule has 0 aliphatic rings. The monoisotopic (exact) mass is 268 g/mol. The molecule has 0 aliphatic heterocycles. The summed E-state index contributed by atoms with van der Waals surface area (Å²) in [7, 11) is 3.07. The van der Waals surface area contributed by atoms with Gasteiger partial charge in [-0.25, -0.2) is 0 Å². The summed E-state index contributed by atoms with van der Waals surface area (Å²) in [5, 5.41) is 4.14. The molecule has 1 aromatic carbocycles. The van der Waals surface area contributed by atoms with Crippen LogP contribution in [-0.4, -0.2) is 19.4 Å². The molecule has 5 nitrogen and oxygen atoms in total. The zero-order chi connectivity index (χ0) is 13.3. The van der Waals surface area contributed by atoms with Gasteiger partial charge in [-0.15, -0.1) is 0 Å². The van der Waals surface area contributed by atoms with Crippen molar-refractivity contribution in [1.29, 1.82) is 0 Å². The molecule has 0 saturated carbocycles. The zero-order valence-corrected chi connectivity index (χ0v) is 11.0. The predicted molar refractivity (Wildman–Crippen MR) is 69.2 cm³/mol. The van der Waals surface area contributed by atoms with Gasteiger partial charge in [0.25, 0.3) is 0 Å². The molecule has 0 bridgehead atoms. The van der Waals surface area contributed by atoms with E-state index in [1.54, 1.807) is 13.2 Å². The van der Waals surface area contributed by atoms with Crippen LogP contribution in [0.4, 0.5) is 5.88 Å². The van der Waals surface area contributed by atoms with Crippen molar-refractivity contribution in [2.75, 3.05) is 20.0 Å². The Morgan fingerprint density at radius 3 is 2.44 bits per heavy atom. The van der Waals surface area contributed by atoms with E-state index in [9.17, 15) is 0 Å². The standard InChI is InChI=1S/C12H13ClN2O3/c1-6-4-8(13)10(16-2)11(17-3)9(6)7-5-15-18-12(7)14/h4-5H,14H2,1-3H3. The molecular weight excluding hydrogens is 256 g/mol. The Balaban J connectivity index is 2.78. The van der Waals surface area contributed by atoms with Crippen molar-refractivity contribution in [3.63, 3.8) is 0 Å². The lowest BCUT2D eigenvalue weighted by molar-refractivity contribution is 0.356. The van der Waals surface area contributed by atoms with E-state index in [0.717, 1.165) is 11.1 Å². The third-order valence-corrected chi connectivity index (χ3v) is 2.94. The van der Waals surface area contributed by atoms with Crippen LogP contribution in [0.3, 0.4) is 0 Å². The summed E-state index contributed by atoms with van der Waals surface area (Å²) >= 11 is 6.11. The zero-order valence-electron chi connectivity index (χ0n) is 10.3. The summed E-state index contributed by atoms with van der Waals surface area (Å²) < 4.78 is 15.5. The molecule has 0 unspecified atom stereocenters. The van der Waals surface area contributed by atoms with E-state index in [-0.39, 0.29) is 5.88 Å². The van der Waals surface area contributed by atoms with E-state index >= 15 is 0 Å². The van der Waals surface area contributed by atoms with Gasteiger partial charge in [0.1, 0.15) is 0 Å². The maximum atomic E-state index is 6.11. The summed E-state index contributed by atoms with van der Waals surface area (Å²) in [5.74, 6) is 1.19.